The summed E-state index contributed by atoms with van der Waals surface area (Å²) in [6.07, 6.45) is 21.2. The molecule has 2 unspecified atom stereocenters. The van der Waals surface area contributed by atoms with Gasteiger partial charge in [0.2, 0.25) is 0 Å². The van der Waals surface area contributed by atoms with Gasteiger partial charge in [0.1, 0.15) is 18.3 Å². The summed E-state index contributed by atoms with van der Waals surface area (Å²) in [6.45, 7) is 25.5. The summed E-state index contributed by atoms with van der Waals surface area (Å²) in [5.41, 5.74) is 4.90. The van der Waals surface area contributed by atoms with E-state index in [0.29, 0.717) is 5.92 Å². The molecule has 4 heterocycles. The molecule has 4 aromatic heterocycles. The highest BCUT2D eigenvalue weighted by Gasteiger charge is 2.25. The third kappa shape index (κ3) is 33.0. The van der Waals surface area contributed by atoms with Crippen LogP contribution in [-0.2, 0) is 14.2 Å². The van der Waals surface area contributed by atoms with Crippen LogP contribution in [0.5, 0.6) is 0 Å². The fraction of sp³-hybridized carbons (Fsp3) is 0.536. The van der Waals surface area contributed by atoms with Crippen molar-refractivity contribution < 1.29 is 14.2 Å². The van der Waals surface area contributed by atoms with Crippen molar-refractivity contribution in [2.75, 3.05) is 21.3 Å². The lowest BCUT2D eigenvalue weighted by atomic mass is 9.84. The summed E-state index contributed by atoms with van der Waals surface area (Å²) in [6, 6.07) is 33.5. The van der Waals surface area contributed by atoms with E-state index in [2.05, 4.69) is 109 Å². The van der Waals surface area contributed by atoms with E-state index in [1.54, 1.807) is 39.9 Å². The van der Waals surface area contributed by atoms with Crippen molar-refractivity contribution in [1.29, 1.82) is 0 Å². The van der Waals surface area contributed by atoms with E-state index in [4.69, 9.17) is 14.2 Å². The van der Waals surface area contributed by atoms with Gasteiger partial charge in [-0.05, 0) is 72.9 Å². The first-order valence-electron chi connectivity index (χ1n) is 24.0. The molecule has 1 fully saturated rings. The average Bonchev–Trinajstić information content (AvgIpc) is 3.32. The van der Waals surface area contributed by atoms with Gasteiger partial charge in [0.15, 0.2) is 0 Å². The van der Waals surface area contributed by atoms with Crippen molar-refractivity contribution in [2.24, 2.45) is 5.92 Å². The molecule has 0 aliphatic heterocycles. The van der Waals surface area contributed by atoms with Crippen LogP contribution in [0.1, 0.15) is 200 Å². The molecular formula is C56H92N4O3. The maximum absolute atomic E-state index is 5.61. The molecule has 63 heavy (non-hydrogen) atoms. The predicted octanol–water partition coefficient (Wildman–Crippen LogP) is 16.9. The summed E-state index contributed by atoms with van der Waals surface area (Å²) in [5, 5.41) is 0. The van der Waals surface area contributed by atoms with Crippen LogP contribution in [0.3, 0.4) is 0 Å². The normalized spacial score (nSPS) is 11.9. The Kier molecular flexibility index (Phi) is 48.7. The number of methoxy groups -OCH3 is 3. The lowest BCUT2D eigenvalue weighted by Crippen LogP contribution is -2.18. The van der Waals surface area contributed by atoms with Gasteiger partial charge in [-0.1, -0.05) is 195 Å². The minimum absolute atomic E-state index is 0.0765. The number of nitrogens with zero attached hydrogens (tertiary/aromatic N) is 4. The lowest BCUT2D eigenvalue weighted by Gasteiger charge is -2.28. The van der Waals surface area contributed by atoms with E-state index in [0.717, 1.165) is 28.3 Å². The zero-order valence-corrected chi connectivity index (χ0v) is 42.7. The first-order chi connectivity index (χ1) is 30.7. The van der Waals surface area contributed by atoms with Gasteiger partial charge in [-0.3, -0.25) is 19.9 Å². The van der Waals surface area contributed by atoms with Crippen LogP contribution in [0.2, 0.25) is 0 Å². The second-order valence-corrected chi connectivity index (χ2v) is 15.0. The molecule has 1 aliphatic carbocycles. The molecule has 354 valence electrons. The third-order valence-corrected chi connectivity index (χ3v) is 7.75. The quantitative estimate of drug-likeness (QED) is 0.146. The van der Waals surface area contributed by atoms with Gasteiger partial charge in [0.05, 0.1) is 22.8 Å². The van der Waals surface area contributed by atoms with Crippen molar-refractivity contribution in [1.82, 2.24) is 19.9 Å². The van der Waals surface area contributed by atoms with Crippen LogP contribution in [0, 0.1) is 5.92 Å². The van der Waals surface area contributed by atoms with E-state index >= 15 is 0 Å². The second-order valence-electron chi connectivity index (χ2n) is 15.0. The van der Waals surface area contributed by atoms with Gasteiger partial charge in [0, 0.05) is 46.1 Å². The fourth-order valence-electron chi connectivity index (χ4n) is 5.58. The minimum Gasteiger partial charge on any atom is -0.375 e. The predicted molar refractivity (Wildman–Crippen MR) is 273 cm³/mol. The van der Waals surface area contributed by atoms with Gasteiger partial charge in [-0.25, -0.2) is 0 Å². The molecule has 1 saturated carbocycles. The Morgan fingerprint density at radius 3 is 0.968 bits per heavy atom. The van der Waals surface area contributed by atoms with Crippen LogP contribution >= 0.6 is 0 Å². The monoisotopic (exact) mass is 869 g/mol. The number of hydrogen-bond donors (Lipinski definition) is 0. The third-order valence-electron chi connectivity index (χ3n) is 7.75. The van der Waals surface area contributed by atoms with Crippen molar-refractivity contribution in [3.05, 3.63) is 156 Å². The van der Waals surface area contributed by atoms with E-state index in [-0.39, 0.29) is 18.3 Å². The number of benzene rings is 1. The molecule has 7 nitrogen and oxygen atoms in total. The Bertz CT molecular complexity index is 1370. The van der Waals surface area contributed by atoms with Crippen molar-refractivity contribution in [2.45, 2.75) is 172 Å². The highest BCUT2D eigenvalue weighted by Crippen LogP contribution is 2.35. The average molecular weight is 869 g/mol. The van der Waals surface area contributed by atoms with Gasteiger partial charge in [-0.15, -0.1) is 0 Å². The zero-order chi connectivity index (χ0) is 47.8. The maximum atomic E-state index is 5.61. The number of rotatable bonds is 9. The Labute approximate surface area is 388 Å². The molecule has 6 rings (SSSR count). The maximum Gasteiger partial charge on any atom is 0.141 e. The highest BCUT2D eigenvalue weighted by atomic mass is 16.5. The van der Waals surface area contributed by atoms with E-state index in [1.165, 1.54) is 70.6 Å². The molecule has 0 amide bonds. The molecule has 0 bridgehead atoms. The molecule has 0 spiro atoms. The van der Waals surface area contributed by atoms with Crippen LogP contribution in [-0.4, -0.2) is 41.3 Å². The van der Waals surface area contributed by atoms with E-state index in [9.17, 15) is 0 Å². The molecule has 0 N–H and O–H groups in total. The SMILES string of the molecule is CCC.CCC.CCC.CCC.CCC.CCC.COC(c1ccccc1)c1ccccn1.COC(c1ccccn1)C1CCCCC1.COC(c1ccccn1)c1ccccn1. The Morgan fingerprint density at radius 2 is 0.683 bits per heavy atom. The summed E-state index contributed by atoms with van der Waals surface area (Å²) >= 11 is 0. The topological polar surface area (TPSA) is 79.2 Å². The molecule has 1 aromatic carbocycles. The molecule has 0 saturated heterocycles. The first kappa shape index (κ1) is 63.0. The molecule has 1 aliphatic rings. The lowest BCUT2D eigenvalue weighted by molar-refractivity contribution is 0.0323. The van der Waals surface area contributed by atoms with Gasteiger partial charge < -0.3 is 14.2 Å². The summed E-state index contributed by atoms with van der Waals surface area (Å²) < 4.78 is 16.5. The molecule has 7 heteroatoms. The van der Waals surface area contributed by atoms with Crippen LogP contribution in [0.4, 0.5) is 0 Å². The highest BCUT2D eigenvalue weighted by molar-refractivity contribution is 5.25. The zero-order valence-electron chi connectivity index (χ0n) is 42.7. The first-order valence-corrected chi connectivity index (χ1v) is 24.0. The van der Waals surface area contributed by atoms with Gasteiger partial charge in [-0.2, -0.15) is 0 Å². The van der Waals surface area contributed by atoms with Crippen molar-refractivity contribution in [3.63, 3.8) is 0 Å². The minimum atomic E-state index is -0.188. The number of aromatic nitrogens is 4. The molecule has 2 atom stereocenters. The second kappa shape index (κ2) is 48.7. The summed E-state index contributed by atoms with van der Waals surface area (Å²) in [5.74, 6) is 0.665. The van der Waals surface area contributed by atoms with E-state index < -0.39 is 0 Å². The largest absolute Gasteiger partial charge is 0.375 e. The molecular weight excluding hydrogens is 777 g/mol. The van der Waals surface area contributed by atoms with Crippen molar-refractivity contribution in [3.8, 4) is 0 Å². The van der Waals surface area contributed by atoms with Crippen LogP contribution in [0.15, 0.2) is 128 Å². The summed E-state index contributed by atoms with van der Waals surface area (Å²) in [7, 11) is 5.16. The Balaban J connectivity index is -0.000000720. The van der Waals surface area contributed by atoms with Gasteiger partial charge >= 0.3 is 0 Å². The Morgan fingerprint density at radius 1 is 0.381 bits per heavy atom. The fourth-order valence-corrected chi connectivity index (χ4v) is 5.58. The van der Waals surface area contributed by atoms with Gasteiger partial charge in [0.25, 0.3) is 0 Å². The van der Waals surface area contributed by atoms with E-state index in [1.807, 2.05) is 103 Å². The van der Waals surface area contributed by atoms with Crippen LogP contribution in [0.25, 0.3) is 0 Å². The number of ether oxygens (including phenoxy) is 3. The smallest absolute Gasteiger partial charge is 0.141 e. The summed E-state index contributed by atoms with van der Waals surface area (Å²) in [4.78, 5) is 17.2. The Hall–Kier alpha value is -4.30. The van der Waals surface area contributed by atoms with Crippen molar-refractivity contribution >= 4 is 0 Å². The van der Waals surface area contributed by atoms with Crippen LogP contribution < -0.4 is 0 Å². The number of hydrogen-bond acceptors (Lipinski definition) is 7. The number of pyridine rings is 4. The molecule has 0 radical (unpaired) electrons. The molecule has 5 aromatic rings. The standard InChI is InChI=1S/C13H19NO.C13H13NO.C12H12N2O.6C3H8/c2*1-15-13(11-7-3-2-4-8-11)12-9-5-6-10-14-12;1-15-12(10-6-2-4-8-13-10)11-7-3-5-9-14-11;6*1-3-2/h5-6,9-11,13H,2-4,7-8H2,1H3;2-10,13H,1H3;2-9,12H,1H3;6*3H2,1-2H3.